The third-order valence-corrected chi connectivity index (χ3v) is 7.87. The average molecular weight is 494 g/mol. The van der Waals surface area contributed by atoms with E-state index in [0.717, 1.165) is 53.8 Å². The minimum atomic E-state index is -0.834. The van der Waals surface area contributed by atoms with Crippen LogP contribution in [0.1, 0.15) is 52.7 Å². The van der Waals surface area contributed by atoms with Crippen molar-refractivity contribution < 1.29 is 24.2 Å². The number of carbonyl (C=O) groups is 2. The Balaban J connectivity index is 1.18. The molecule has 3 N–H and O–H groups in total. The second kappa shape index (κ2) is 9.75. The van der Waals surface area contributed by atoms with Gasteiger partial charge < -0.3 is 30.1 Å². The SMILES string of the molecule is COc1cc(NC(=O)C2CCC(N3Cc4c(C)cc(OCC5(O)CNC5)cc4C3=O)CC2)ccc1C. The Morgan fingerprint density at radius 3 is 2.56 bits per heavy atom. The van der Waals surface area contributed by atoms with E-state index in [4.69, 9.17) is 9.47 Å². The van der Waals surface area contributed by atoms with E-state index in [1.165, 1.54) is 0 Å². The fourth-order valence-electron chi connectivity index (χ4n) is 5.48. The van der Waals surface area contributed by atoms with Gasteiger partial charge in [0.15, 0.2) is 0 Å². The Morgan fingerprint density at radius 1 is 1.14 bits per heavy atom. The summed E-state index contributed by atoms with van der Waals surface area (Å²) in [7, 11) is 1.62. The third kappa shape index (κ3) is 4.80. The van der Waals surface area contributed by atoms with Crippen molar-refractivity contribution in [3.05, 3.63) is 52.6 Å². The summed E-state index contributed by atoms with van der Waals surface area (Å²) in [6.07, 6.45) is 3.11. The number of hydrogen-bond donors (Lipinski definition) is 3. The Bertz CT molecular complexity index is 1170. The van der Waals surface area contributed by atoms with Crippen LogP contribution in [0.4, 0.5) is 5.69 Å². The second-order valence-corrected chi connectivity index (χ2v) is 10.5. The fraction of sp³-hybridized carbons (Fsp3) is 0.500. The quantitative estimate of drug-likeness (QED) is 0.548. The summed E-state index contributed by atoms with van der Waals surface area (Å²) >= 11 is 0. The number of aryl methyl sites for hydroxylation is 2. The number of rotatable bonds is 7. The number of fused-ring (bicyclic) bond motifs is 1. The number of amides is 2. The molecule has 0 spiro atoms. The van der Waals surface area contributed by atoms with E-state index in [1.54, 1.807) is 7.11 Å². The van der Waals surface area contributed by atoms with Gasteiger partial charge in [0, 0.05) is 48.9 Å². The molecule has 2 aliphatic heterocycles. The van der Waals surface area contributed by atoms with Crippen LogP contribution in [0.5, 0.6) is 11.5 Å². The van der Waals surface area contributed by atoms with Gasteiger partial charge in [0.05, 0.1) is 7.11 Å². The molecule has 8 heteroatoms. The van der Waals surface area contributed by atoms with Gasteiger partial charge in [0.25, 0.3) is 5.91 Å². The topological polar surface area (TPSA) is 100 Å². The first-order valence-corrected chi connectivity index (χ1v) is 12.7. The molecule has 0 radical (unpaired) electrons. The monoisotopic (exact) mass is 493 g/mol. The first-order valence-electron chi connectivity index (χ1n) is 12.7. The number of β-amino-alcohol motifs (C(OH)–C–C–N with tert-alkyl or cyclic N) is 1. The zero-order valence-electron chi connectivity index (χ0n) is 21.2. The van der Waals surface area contributed by atoms with Crippen molar-refractivity contribution in [2.45, 2.75) is 57.7 Å². The van der Waals surface area contributed by atoms with Crippen molar-refractivity contribution in [3.8, 4) is 11.5 Å². The summed E-state index contributed by atoms with van der Waals surface area (Å²) < 4.78 is 11.2. The van der Waals surface area contributed by atoms with E-state index in [-0.39, 0.29) is 30.4 Å². The normalized spacial score (nSPS) is 22.6. The first-order chi connectivity index (χ1) is 17.3. The lowest BCUT2D eigenvalue weighted by molar-refractivity contribution is -0.121. The minimum Gasteiger partial charge on any atom is -0.496 e. The van der Waals surface area contributed by atoms with Crippen molar-refractivity contribution in [2.75, 3.05) is 32.1 Å². The molecule has 3 aliphatic rings. The van der Waals surface area contributed by atoms with Crippen LogP contribution in [0.3, 0.4) is 0 Å². The standard InChI is InChI=1S/C28H35N3O5/c1-17-4-7-20(11-25(17)35-3)30-26(32)19-5-8-21(9-6-19)31-13-24-18(2)10-22(12-23(24)27(31)33)36-16-28(34)14-29-15-28/h4,7,10-12,19,21,29,34H,5-6,8-9,13-16H2,1-3H3,(H,30,32). The van der Waals surface area contributed by atoms with Crippen LogP contribution >= 0.6 is 0 Å². The van der Waals surface area contributed by atoms with Gasteiger partial charge in [-0.2, -0.15) is 0 Å². The van der Waals surface area contributed by atoms with E-state index < -0.39 is 5.60 Å². The van der Waals surface area contributed by atoms with Crippen LogP contribution in [0.25, 0.3) is 0 Å². The number of ether oxygens (including phenoxy) is 2. The summed E-state index contributed by atoms with van der Waals surface area (Å²) in [5, 5.41) is 16.4. The molecule has 2 amide bonds. The Hall–Kier alpha value is -3.10. The van der Waals surface area contributed by atoms with Gasteiger partial charge in [0.2, 0.25) is 5.91 Å². The van der Waals surface area contributed by atoms with Crippen LogP contribution in [0.2, 0.25) is 0 Å². The Morgan fingerprint density at radius 2 is 1.89 bits per heavy atom. The molecule has 1 saturated carbocycles. The number of methoxy groups -OCH3 is 1. The van der Waals surface area contributed by atoms with Crippen molar-refractivity contribution in [1.29, 1.82) is 0 Å². The molecule has 36 heavy (non-hydrogen) atoms. The molecule has 0 unspecified atom stereocenters. The van der Waals surface area contributed by atoms with Crippen LogP contribution in [-0.2, 0) is 11.3 Å². The van der Waals surface area contributed by atoms with Gasteiger partial charge in [0.1, 0.15) is 23.7 Å². The van der Waals surface area contributed by atoms with E-state index in [1.807, 2.05) is 49.1 Å². The molecule has 0 atom stereocenters. The lowest BCUT2D eigenvalue weighted by Crippen LogP contribution is -2.62. The number of benzene rings is 2. The molecule has 2 heterocycles. The summed E-state index contributed by atoms with van der Waals surface area (Å²) in [6, 6.07) is 9.57. The maximum absolute atomic E-state index is 13.3. The molecule has 0 aromatic heterocycles. The zero-order chi connectivity index (χ0) is 25.4. The van der Waals surface area contributed by atoms with Crippen molar-refractivity contribution in [2.24, 2.45) is 5.92 Å². The lowest BCUT2D eigenvalue weighted by atomic mass is 9.84. The van der Waals surface area contributed by atoms with Crippen molar-refractivity contribution in [1.82, 2.24) is 10.2 Å². The second-order valence-electron chi connectivity index (χ2n) is 10.5. The number of nitrogens with zero attached hydrogens (tertiary/aromatic N) is 1. The number of anilines is 1. The molecule has 2 aromatic carbocycles. The minimum absolute atomic E-state index is 0.0244. The molecular weight excluding hydrogens is 458 g/mol. The Labute approximate surface area is 212 Å². The average Bonchev–Trinajstić information content (AvgIpc) is 3.19. The highest BCUT2D eigenvalue weighted by Crippen LogP contribution is 2.36. The highest BCUT2D eigenvalue weighted by Gasteiger charge is 2.38. The molecule has 0 bridgehead atoms. The number of aliphatic hydroxyl groups is 1. The lowest BCUT2D eigenvalue weighted by Gasteiger charge is -2.37. The molecule has 8 nitrogen and oxygen atoms in total. The molecule has 1 aliphatic carbocycles. The van der Waals surface area contributed by atoms with Gasteiger partial charge >= 0.3 is 0 Å². The Kier molecular flexibility index (Phi) is 6.66. The first kappa shape index (κ1) is 24.6. The number of carbonyl (C=O) groups excluding carboxylic acids is 2. The van der Waals surface area contributed by atoms with Gasteiger partial charge in [-0.3, -0.25) is 9.59 Å². The van der Waals surface area contributed by atoms with Gasteiger partial charge in [-0.15, -0.1) is 0 Å². The van der Waals surface area contributed by atoms with Crippen LogP contribution in [0, 0.1) is 19.8 Å². The van der Waals surface area contributed by atoms with E-state index in [9.17, 15) is 14.7 Å². The number of hydrogen-bond acceptors (Lipinski definition) is 6. The van der Waals surface area contributed by atoms with Crippen molar-refractivity contribution in [3.63, 3.8) is 0 Å². The predicted molar refractivity (Wildman–Crippen MR) is 136 cm³/mol. The van der Waals surface area contributed by atoms with Gasteiger partial charge in [-0.1, -0.05) is 6.07 Å². The summed E-state index contributed by atoms with van der Waals surface area (Å²) in [4.78, 5) is 28.2. The van der Waals surface area contributed by atoms with Crippen LogP contribution < -0.4 is 20.1 Å². The molecule has 5 rings (SSSR count). The van der Waals surface area contributed by atoms with Gasteiger partial charge in [-0.25, -0.2) is 0 Å². The molecule has 2 fully saturated rings. The molecule has 1 saturated heterocycles. The molecule has 2 aromatic rings. The highest BCUT2D eigenvalue weighted by atomic mass is 16.5. The van der Waals surface area contributed by atoms with Crippen molar-refractivity contribution >= 4 is 17.5 Å². The van der Waals surface area contributed by atoms with Gasteiger partial charge in [-0.05, 0) is 74.4 Å². The van der Waals surface area contributed by atoms with Crippen LogP contribution in [-0.4, -0.2) is 60.3 Å². The van der Waals surface area contributed by atoms with E-state index in [2.05, 4.69) is 10.6 Å². The van der Waals surface area contributed by atoms with Crippen LogP contribution in [0.15, 0.2) is 30.3 Å². The maximum Gasteiger partial charge on any atom is 0.254 e. The third-order valence-electron chi connectivity index (χ3n) is 7.87. The molecule has 192 valence electrons. The summed E-state index contributed by atoms with van der Waals surface area (Å²) in [5.74, 6) is 1.36. The molecular formula is C28H35N3O5. The smallest absolute Gasteiger partial charge is 0.254 e. The largest absolute Gasteiger partial charge is 0.496 e. The predicted octanol–water partition coefficient (Wildman–Crippen LogP) is 3.18. The maximum atomic E-state index is 13.3. The number of nitrogens with one attached hydrogen (secondary N) is 2. The zero-order valence-corrected chi connectivity index (χ0v) is 21.2. The fourth-order valence-corrected chi connectivity index (χ4v) is 5.48. The summed E-state index contributed by atoms with van der Waals surface area (Å²) in [6.45, 7) is 5.81. The summed E-state index contributed by atoms with van der Waals surface area (Å²) in [5.41, 5.74) is 3.69. The van der Waals surface area contributed by atoms with E-state index >= 15 is 0 Å². The van der Waals surface area contributed by atoms with E-state index in [0.29, 0.717) is 30.9 Å². The highest BCUT2D eigenvalue weighted by molar-refractivity contribution is 5.99.